The number of hydrogen-bond donors (Lipinski definition) is 1. The zero-order valence-electron chi connectivity index (χ0n) is 9.81. The number of rotatable bonds is 4. The summed E-state index contributed by atoms with van der Waals surface area (Å²) in [4.78, 5) is 0. The number of halogens is 1. The Morgan fingerprint density at radius 3 is 2.47 bits per heavy atom. The van der Waals surface area contributed by atoms with Gasteiger partial charge in [-0.1, -0.05) is 28.1 Å². The molecule has 1 heterocycles. The summed E-state index contributed by atoms with van der Waals surface area (Å²) in [7, 11) is 1.92. The van der Waals surface area contributed by atoms with Crippen molar-refractivity contribution in [2.75, 3.05) is 0 Å². The van der Waals surface area contributed by atoms with Gasteiger partial charge in [-0.05, 0) is 36.1 Å². The van der Waals surface area contributed by atoms with Crippen LogP contribution < -0.4 is 5.73 Å². The van der Waals surface area contributed by atoms with Gasteiger partial charge in [-0.15, -0.1) is 0 Å². The smallest absolute Gasteiger partial charge is 0.0522 e. The van der Waals surface area contributed by atoms with E-state index in [9.17, 15) is 0 Å². The predicted octanol–water partition coefficient (Wildman–Crippen LogP) is 2.30. The van der Waals surface area contributed by atoms with Gasteiger partial charge in [0.05, 0.1) is 6.20 Å². The third-order valence-electron chi connectivity index (χ3n) is 2.67. The highest BCUT2D eigenvalue weighted by atomic mass is 79.9. The first-order valence-electron chi connectivity index (χ1n) is 5.61. The van der Waals surface area contributed by atoms with Gasteiger partial charge in [-0.2, -0.15) is 5.10 Å². The summed E-state index contributed by atoms with van der Waals surface area (Å²) in [6.07, 6.45) is 5.65. The molecule has 2 N–H and O–H groups in total. The van der Waals surface area contributed by atoms with Crippen molar-refractivity contribution < 1.29 is 0 Å². The van der Waals surface area contributed by atoms with Crippen molar-refractivity contribution in [3.8, 4) is 0 Å². The zero-order valence-corrected chi connectivity index (χ0v) is 11.4. The lowest BCUT2D eigenvalue weighted by molar-refractivity contribution is 0.664. The van der Waals surface area contributed by atoms with Crippen LogP contribution in [0.1, 0.15) is 11.1 Å². The average molecular weight is 294 g/mol. The normalized spacial score (nSPS) is 12.6. The van der Waals surface area contributed by atoms with Crippen LogP contribution in [0.4, 0.5) is 0 Å². The lowest BCUT2D eigenvalue weighted by Gasteiger charge is -2.10. The highest BCUT2D eigenvalue weighted by Crippen LogP contribution is 2.12. The Bertz CT molecular complexity index is 476. The van der Waals surface area contributed by atoms with Crippen LogP contribution in [-0.2, 0) is 19.9 Å². The summed E-state index contributed by atoms with van der Waals surface area (Å²) in [6, 6.07) is 8.44. The maximum absolute atomic E-state index is 6.14. The Morgan fingerprint density at radius 1 is 1.24 bits per heavy atom. The maximum Gasteiger partial charge on any atom is 0.0522 e. The quantitative estimate of drug-likeness (QED) is 0.940. The molecule has 90 valence electrons. The van der Waals surface area contributed by atoms with Crippen LogP contribution in [0.2, 0.25) is 0 Å². The second-order valence-electron chi connectivity index (χ2n) is 4.32. The summed E-state index contributed by atoms with van der Waals surface area (Å²) in [5, 5.41) is 4.14. The van der Waals surface area contributed by atoms with Gasteiger partial charge in [0, 0.05) is 23.8 Å². The zero-order chi connectivity index (χ0) is 12.3. The summed E-state index contributed by atoms with van der Waals surface area (Å²) < 4.78 is 2.91. The molecule has 0 amide bonds. The molecule has 4 heteroatoms. The van der Waals surface area contributed by atoms with Crippen molar-refractivity contribution in [3.63, 3.8) is 0 Å². The molecule has 0 saturated carbocycles. The van der Waals surface area contributed by atoms with Gasteiger partial charge in [-0.3, -0.25) is 4.68 Å². The SMILES string of the molecule is Cn1cc(CC(N)Cc2ccc(Br)cc2)cn1. The topological polar surface area (TPSA) is 43.8 Å². The van der Waals surface area contributed by atoms with Crippen LogP contribution in [-0.4, -0.2) is 15.8 Å². The van der Waals surface area contributed by atoms with E-state index in [0.29, 0.717) is 0 Å². The van der Waals surface area contributed by atoms with Crippen LogP contribution in [0.15, 0.2) is 41.1 Å². The van der Waals surface area contributed by atoms with Crippen molar-refractivity contribution in [2.45, 2.75) is 18.9 Å². The molecule has 0 fully saturated rings. The fraction of sp³-hybridized carbons (Fsp3) is 0.308. The molecule has 0 bridgehead atoms. The molecular formula is C13H16BrN3. The predicted molar refractivity (Wildman–Crippen MR) is 72.7 cm³/mol. The van der Waals surface area contributed by atoms with Crippen LogP contribution >= 0.6 is 15.9 Å². The van der Waals surface area contributed by atoms with Crippen LogP contribution in [0, 0.1) is 0 Å². The van der Waals surface area contributed by atoms with Gasteiger partial charge in [0.1, 0.15) is 0 Å². The Morgan fingerprint density at radius 2 is 1.88 bits per heavy atom. The van der Waals surface area contributed by atoms with E-state index in [1.54, 1.807) is 0 Å². The summed E-state index contributed by atoms with van der Waals surface area (Å²) >= 11 is 3.43. The molecule has 0 spiro atoms. The Hall–Kier alpha value is -1.13. The van der Waals surface area contributed by atoms with Crippen LogP contribution in [0.3, 0.4) is 0 Å². The van der Waals surface area contributed by atoms with E-state index in [4.69, 9.17) is 5.73 Å². The molecule has 2 aromatic rings. The monoisotopic (exact) mass is 293 g/mol. The van der Waals surface area contributed by atoms with Gasteiger partial charge in [0.25, 0.3) is 0 Å². The van der Waals surface area contributed by atoms with Crippen molar-refractivity contribution in [1.29, 1.82) is 0 Å². The molecule has 1 aromatic carbocycles. The van der Waals surface area contributed by atoms with Crippen molar-refractivity contribution in [3.05, 3.63) is 52.3 Å². The van der Waals surface area contributed by atoms with E-state index in [0.717, 1.165) is 17.3 Å². The Kier molecular flexibility index (Phi) is 3.97. The largest absolute Gasteiger partial charge is 0.327 e. The first-order valence-corrected chi connectivity index (χ1v) is 6.40. The van der Waals surface area contributed by atoms with E-state index < -0.39 is 0 Å². The minimum absolute atomic E-state index is 0.139. The summed E-state index contributed by atoms with van der Waals surface area (Å²) in [5.41, 5.74) is 8.60. The molecule has 0 saturated heterocycles. The van der Waals surface area contributed by atoms with E-state index in [1.807, 2.05) is 36.3 Å². The molecule has 1 aromatic heterocycles. The number of aromatic nitrogens is 2. The fourth-order valence-corrected chi connectivity index (χ4v) is 2.14. The third-order valence-corrected chi connectivity index (χ3v) is 3.20. The van der Waals surface area contributed by atoms with Gasteiger partial charge >= 0.3 is 0 Å². The van der Waals surface area contributed by atoms with Crippen LogP contribution in [0.25, 0.3) is 0 Å². The fourth-order valence-electron chi connectivity index (χ4n) is 1.88. The molecule has 0 aliphatic carbocycles. The number of hydrogen-bond acceptors (Lipinski definition) is 2. The van der Waals surface area contributed by atoms with Crippen LogP contribution in [0.5, 0.6) is 0 Å². The average Bonchev–Trinajstić information content (AvgIpc) is 2.67. The van der Waals surface area contributed by atoms with Gasteiger partial charge in [-0.25, -0.2) is 0 Å². The second kappa shape index (κ2) is 5.47. The molecule has 1 atom stereocenters. The third kappa shape index (κ3) is 3.68. The highest BCUT2D eigenvalue weighted by molar-refractivity contribution is 9.10. The lowest BCUT2D eigenvalue weighted by Crippen LogP contribution is -2.25. The molecular weight excluding hydrogens is 278 g/mol. The van der Waals surface area contributed by atoms with Crippen molar-refractivity contribution in [2.24, 2.45) is 12.8 Å². The minimum Gasteiger partial charge on any atom is -0.327 e. The lowest BCUT2D eigenvalue weighted by atomic mass is 10.0. The standard InChI is InChI=1S/C13H16BrN3/c1-17-9-11(8-16-17)7-13(15)6-10-2-4-12(14)5-3-10/h2-5,8-9,13H,6-7,15H2,1H3. The second-order valence-corrected chi connectivity index (χ2v) is 5.23. The van der Waals surface area contributed by atoms with Gasteiger partial charge in [0.15, 0.2) is 0 Å². The highest BCUT2D eigenvalue weighted by Gasteiger charge is 2.06. The number of nitrogens with zero attached hydrogens (tertiary/aromatic N) is 2. The molecule has 2 rings (SSSR count). The molecule has 0 aliphatic rings. The number of aryl methyl sites for hydroxylation is 1. The Labute approximate surface area is 110 Å². The first-order chi connectivity index (χ1) is 8.13. The van der Waals surface area contributed by atoms with Gasteiger partial charge < -0.3 is 5.73 Å². The number of nitrogens with two attached hydrogens (primary N) is 1. The van der Waals surface area contributed by atoms with E-state index in [2.05, 4.69) is 33.2 Å². The molecule has 0 aliphatic heterocycles. The van der Waals surface area contributed by atoms with Crippen molar-refractivity contribution in [1.82, 2.24) is 9.78 Å². The molecule has 3 nitrogen and oxygen atoms in total. The molecule has 17 heavy (non-hydrogen) atoms. The first kappa shape index (κ1) is 12.3. The summed E-state index contributed by atoms with van der Waals surface area (Å²) in [5.74, 6) is 0. The van der Waals surface area contributed by atoms with E-state index in [-0.39, 0.29) is 6.04 Å². The van der Waals surface area contributed by atoms with E-state index >= 15 is 0 Å². The maximum atomic E-state index is 6.14. The summed E-state index contributed by atoms with van der Waals surface area (Å²) in [6.45, 7) is 0. The van der Waals surface area contributed by atoms with Gasteiger partial charge in [0.2, 0.25) is 0 Å². The Balaban J connectivity index is 1.93. The molecule has 1 unspecified atom stereocenters. The van der Waals surface area contributed by atoms with Crippen molar-refractivity contribution >= 4 is 15.9 Å². The number of benzene rings is 1. The van der Waals surface area contributed by atoms with E-state index in [1.165, 1.54) is 11.1 Å². The molecule has 0 radical (unpaired) electrons. The minimum atomic E-state index is 0.139.